The zero-order valence-electron chi connectivity index (χ0n) is 22.6. The molecule has 7 rings (SSSR count). The van der Waals surface area contributed by atoms with Crippen LogP contribution in [0.3, 0.4) is 0 Å². The molecule has 1 spiro atoms. The van der Waals surface area contributed by atoms with Crippen molar-refractivity contribution >= 4 is 40.1 Å². The van der Waals surface area contributed by atoms with Crippen molar-refractivity contribution in [2.75, 3.05) is 10.2 Å². The van der Waals surface area contributed by atoms with Crippen molar-refractivity contribution in [2.45, 2.75) is 24.4 Å². The molecule has 1 fully saturated rings. The molecule has 8 nitrogen and oxygen atoms in total. The number of ketones is 2. The van der Waals surface area contributed by atoms with E-state index in [9.17, 15) is 24.5 Å². The number of Topliss-reactive ketones (excluding diaryl/α,β-unsaturated/α-hetero) is 2. The second kappa shape index (κ2) is 9.34. The van der Waals surface area contributed by atoms with Crippen molar-refractivity contribution in [3.63, 3.8) is 0 Å². The van der Waals surface area contributed by atoms with Crippen LogP contribution < -0.4 is 10.2 Å². The highest BCUT2D eigenvalue weighted by Gasteiger charge is 2.70. The Morgan fingerprint density at radius 1 is 0.833 bits per heavy atom. The van der Waals surface area contributed by atoms with E-state index in [4.69, 9.17) is 0 Å². The van der Waals surface area contributed by atoms with Crippen LogP contribution in [0.5, 0.6) is 0 Å². The number of fused-ring (bicyclic) bond motifs is 6. The van der Waals surface area contributed by atoms with Crippen molar-refractivity contribution in [1.29, 1.82) is 0 Å². The van der Waals surface area contributed by atoms with Crippen LogP contribution in [-0.2, 0) is 10.2 Å². The number of para-hydroxylation sites is 2. The topological polar surface area (TPSA) is 110 Å². The molecule has 0 unspecified atom stereocenters. The van der Waals surface area contributed by atoms with Crippen molar-refractivity contribution < 1.29 is 19.3 Å². The molecule has 0 bridgehead atoms. The minimum absolute atomic E-state index is 0.143. The van der Waals surface area contributed by atoms with E-state index < -0.39 is 28.3 Å². The average molecular weight is 556 g/mol. The van der Waals surface area contributed by atoms with Gasteiger partial charge < -0.3 is 10.2 Å². The number of nitro groups is 1. The summed E-state index contributed by atoms with van der Waals surface area (Å²) in [5.41, 5.74) is 2.94. The third-order valence-electron chi connectivity index (χ3n) is 8.86. The zero-order chi connectivity index (χ0) is 29.2. The molecule has 0 aromatic heterocycles. The van der Waals surface area contributed by atoms with Gasteiger partial charge in [0, 0.05) is 40.2 Å². The summed E-state index contributed by atoms with van der Waals surface area (Å²) in [5.74, 6) is -2.15. The molecule has 0 aliphatic carbocycles. The van der Waals surface area contributed by atoms with Gasteiger partial charge in [-0.25, -0.2) is 0 Å². The van der Waals surface area contributed by atoms with Crippen molar-refractivity contribution in [2.24, 2.45) is 5.92 Å². The first-order valence-electron chi connectivity index (χ1n) is 13.7. The zero-order valence-corrected chi connectivity index (χ0v) is 22.6. The molecule has 1 saturated heterocycles. The first-order valence-corrected chi connectivity index (χ1v) is 13.7. The lowest BCUT2D eigenvalue weighted by molar-refractivity contribution is -0.384. The van der Waals surface area contributed by atoms with E-state index in [2.05, 4.69) is 5.32 Å². The number of non-ortho nitro benzene ring substituents is 1. The van der Waals surface area contributed by atoms with Gasteiger partial charge in [-0.2, -0.15) is 0 Å². The van der Waals surface area contributed by atoms with E-state index in [1.807, 2.05) is 72.5 Å². The second-order valence-electron chi connectivity index (χ2n) is 10.9. The monoisotopic (exact) mass is 555 g/mol. The average Bonchev–Trinajstić information content (AvgIpc) is 3.49. The Balaban J connectivity index is 1.53. The maximum absolute atomic E-state index is 14.7. The van der Waals surface area contributed by atoms with Gasteiger partial charge >= 0.3 is 0 Å². The summed E-state index contributed by atoms with van der Waals surface area (Å²) in [6.45, 7) is 1.97. The van der Waals surface area contributed by atoms with Crippen LogP contribution in [0.2, 0.25) is 0 Å². The van der Waals surface area contributed by atoms with Crippen molar-refractivity contribution in [3.8, 4) is 0 Å². The number of nitrogens with one attached hydrogen (secondary N) is 1. The number of benzene rings is 4. The number of amides is 1. The maximum Gasteiger partial charge on any atom is 0.269 e. The lowest BCUT2D eigenvalue weighted by atomic mass is 9.64. The third kappa shape index (κ3) is 3.44. The minimum Gasteiger partial charge on any atom is -0.352 e. The highest BCUT2D eigenvalue weighted by Crippen LogP contribution is 2.58. The number of rotatable bonds is 5. The molecule has 1 N–H and O–H groups in total. The molecule has 0 saturated carbocycles. The van der Waals surface area contributed by atoms with Crippen LogP contribution in [0.25, 0.3) is 5.57 Å². The molecule has 4 aromatic rings. The molecular weight excluding hydrogens is 530 g/mol. The van der Waals surface area contributed by atoms with Crippen LogP contribution in [0.1, 0.15) is 38.8 Å². The fourth-order valence-corrected chi connectivity index (χ4v) is 7.09. The third-order valence-corrected chi connectivity index (χ3v) is 8.86. The Labute approximate surface area is 241 Å². The second-order valence-corrected chi connectivity index (χ2v) is 10.9. The summed E-state index contributed by atoms with van der Waals surface area (Å²) >= 11 is 0. The Morgan fingerprint density at radius 3 is 2.21 bits per heavy atom. The van der Waals surface area contributed by atoms with Crippen LogP contribution in [0.4, 0.5) is 17.1 Å². The van der Waals surface area contributed by atoms with Gasteiger partial charge in [-0.3, -0.25) is 24.5 Å². The predicted molar refractivity (Wildman–Crippen MR) is 159 cm³/mol. The SMILES string of the molecule is CC1=C[C@@H]2N(c3ccccc31)[C@@H](C(=O)c1ccc([N+](=O)[O-])cc1)[C@@H](C(=O)c1ccccc1)[C@@]21C(=O)Nc2ccccc21. The molecule has 4 atom stereocenters. The molecule has 8 heteroatoms. The largest absolute Gasteiger partial charge is 0.352 e. The molecular formula is C34H25N3O5. The van der Waals surface area contributed by atoms with Crippen LogP contribution in [0.15, 0.2) is 109 Å². The normalized spacial score (nSPS) is 23.5. The first kappa shape index (κ1) is 25.6. The number of nitro benzene ring substituents is 1. The number of allylic oxidation sites excluding steroid dienone is 1. The number of carbonyl (C=O) groups excluding carboxylic acids is 3. The summed E-state index contributed by atoms with van der Waals surface area (Å²) in [4.78, 5) is 56.5. The summed E-state index contributed by atoms with van der Waals surface area (Å²) in [6, 6.07) is 27.4. The maximum atomic E-state index is 14.7. The predicted octanol–water partition coefficient (Wildman–Crippen LogP) is 5.84. The summed E-state index contributed by atoms with van der Waals surface area (Å²) in [5, 5.41) is 14.4. The van der Waals surface area contributed by atoms with Gasteiger partial charge in [-0.1, -0.05) is 72.8 Å². The summed E-state index contributed by atoms with van der Waals surface area (Å²) in [7, 11) is 0. The minimum atomic E-state index is -1.42. The Morgan fingerprint density at radius 2 is 1.48 bits per heavy atom. The van der Waals surface area contributed by atoms with E-state index >= 15 is 0 Å². The lowest BCUT2D eigenvalue weighted by Gasteiger charge is -2.39. The Bertz CT molecular complexity index is 1830. The Kier molecular flexibility index (Phi) is 5.69. The number of nitrogens with zero attached hydrogens (tertiary/aromatic N) is 2. The Hall–Kier alpha value is -5.37. The smallest absolute Gasteiger partial charge is 0.269 e. The van der Waals surface area contributed by atoms with E-state index in [1.165, 1.54) is 24.3 Å². The fraction of sp³-hybridized carbons (Fsp3) is 0.147. The number of hydrogen-bond acceptors (Lipinski definition) is 6. The van der Waals surface area contributed by atoms with E-state index in [-0.39, 0.29) is 28.7 Å². The standard InChI is InChI=1S/C34H25N3O5/c1-20-19-28-34(25-12-6-7-13-26(25)35-33(34)40)29(31(38)21-9-3-2-4-10-21)30(36(28)27-14-8-5-11-24(20)27)32(39)22-15-17-23(18-16-22)37(41)42/h2-19,28-30H,1H3,(H,35,40)/t28-,29-,30+,34-/m0/s1. The first-order chi connectivity index (χ1) is 20.3. The van der Waals surface area contributed by atoms with Crippen LogP contribution in [0, 0.1) is 16.0 Å². The summed E-state index contributed by atoms with van der Waals surface area (Å²) < 4.78 is 0. The van der Waals surface area contributed by atoms with Crippen molar-refractivity contribution in [3.05, 3.63) is 142 Å². The molecule has 3 aliphatic heterocycles. The summed E-state index contributed by atoms with van der Waals surface area (Å²) in [6.07, 6.45) is 2.00. The van der Waals surface area contributed by atoms with Gasteiger partial charge in [0.2, 0.25) is 5.91 Å². The number of hydrogen-bond donors (Lipinski definition) is 1. The highest BCUT2D eigenvalue weighted by atomic mass is 16.6. The van der Waals surface area contributed by atoms with Gasteiger partial charge in [0.15, 0.2) is 11.6 Å². The molecule has 0 radical (unpaired) electrons. The van der Waals surface area contributed by atoms with Gasteiger partial charge in [0.1, 0.15) is 11.5 Å². The van der Waals surface area contributed by atoms with E-state index in [0.717, 1.165) is 16.8 Å². The molecule has 1 amide bonds. The fourth-order valence-electron chi connectivity index (χ4n) is 7.09. The van der Waals surface area contributed by atoms with Crippen LogP contribution >= 0.6 is 0 Å². The van der Waals surface area contributed by atoms with Gasteiger partial charge in [-0.05, 0) is 42.3 Å². The van der Waals surface area contributed by atoms with Crippen molar-refractivity contribution in [1.82, 2.24) is 0 Å². The molecule has 4 aromatic carbocycles. The highest BCUT2D eigenvalue weighted by molar-refractivity contribution is 6.18. The number of anilines is 2. The van der Waals surface area contributed by atoms with Gasteiger partial charge in [0.25, 0.3) is 5.69 Å². The molecule has 3 heterocycles. The molecule has 42 heavy (non-hydrogen) atoms. The number of carbonyl (C=O) groups is 3. The molecule has 3 aliphatic rings. The van der Waals surface area contributed by atoms with E-state index in [0.29, 0.717) is 16.8 Å². The van der Waals surface area contributed by atoms with E-state index in [1.54, 1.807) is 24.3 Å². The molecule has 206 valence electrons. The van der Waals surface area contributed by atoms with Gasteiger partial charge in [0.05, 0.1) is 16.9 Å². The lowest BCUT2D eigenvalue weighted by Crippen LogP contribution is -2.51. The van der Waals surface area contributed by atoms with Gasteiger partial charge in [-0.15, -0.1) is 0 Å². The quantitative estimate of drug-likeness (QED) is 0.188. The van der Waals surface area contributed by atoms with Crippen LogP contribution in [-0.4, -0.2) is 34.5 Å².